The maximum absolute atomic E-state index is 13.1. The minimum Gasteiger partial charge on any atom is -0.338 e. The van der Waals surface area contributed by atoms with Gasteiger partial charge in [-0.2, -0.15) is 0 Å². The van der Waals surface area contributed by atoms with Crippen LogP contribution in [0, 0.1) is 11.7 Å². The number of rotatable bonds is 3. The number of carbonyl (C=O) groups excluding carboxylic acids is 2. The minimum absolute atomic E-state index is 0.0180. The standard InChI is InChI=1S/C23H25FN2O2/c24-19-12-10-17(11-13-19)23(28)26-14-4-7-18(15-26)22(27)25-21-9-3-6-16-5-1-2-8-20(16)21/h3,6,9-13,18H,1-2,4-5,7-8,14-15H2,(H,25,27)/t18-/m0/s1. The van der Waals surface area contributed by atoms with Crippen molar-refractivity contribution in [2.24, 2.45) is 5.92 Å². The summed E-state index contributed by atoms with van der Waals surface area (Å²) in [6.45, 7) is 1.03. The van der Waals surface area contributed by atoms with Gasteiger partial charge >= 0.3 is 0 Å². The Kier molecular flexibility index (Phi) is 5.42. The molecule has 0 bridgehead atoms. The molecule has 2 aromatic rings. The summed E-state index contributed by atoms with van der Waals surface area (Å²) in [6.07, 6.45) is 6.00. The third-order valence-electron chi connectivity index (χ3n) is 5.82. The number of nitrogens with zero attached hydrogens (tertiary/aromatic N) is 1. The fourth-order valence-electron chi connectivity index (χ4n) is 4.28. The van der Waals surface area contributed by atoms with Crippen LogP contribution >= 0.6 is 0 Å². The summed E-state index contributed by atoms with van der Waals surface area (Å²) in [6, 6.07) is 11.7. The fraction of sp³-hybridized carbons (Fsp3) is 0.391. The van der Waals surface area contributed by atoms with Crippen LogP contribution in [0.25, 0.3) is 0 Å². The van der Waals surface area contributed by atoms with Gasteiger partial charge in [0.25, 0.3) is 5.91 Å². The second-order valence-electron chi connectivity index (χ2n) is 7.74. The summed E-state index contributed by atoms with van der Waals surface area (Å²) in [5.74, 6) is -0.749. The van der Waals surface area contributed by atoms with E-state index in [0.29, 0.717) is 18.7 Å². The molecule has 2 aromatic carbocycles. The molecule has 4 rings (SSSR count). The van der Waals surface area contributed by atoms with Crippen molar-refractivity contribution in [2.45, 2.75) is 38.5 Å². The molecule has 1 aliphatic carbocycles. The van der Waals surface area contributed by atoms with Crippen molar-refractivity contribution < 1.29 is 14.0 Å². The number of likely N-dealkylation sites (tertiary alicyclic amines) is 1. The van der Waals surface area contributed by atoms with Crippen LogP contribution in [0.1, 0.15) is 47.2 Å². The number of benzene rings is 2. The number of fused-ring (bicyclic) bond motifs is 1. The highest BCUT2D eigenvalue weighted by Gasteiger charge is 2.29. The SMILES string of the molecule is O=C(Nc1cccc2c1CCCC2)[C@H]1CCCN(C(=O)c2ccc(F)cc2)C1. The molecule has 1 N–H and O–H groups in total. The van der Waals surface area contributed by atoms with Crippen molar-refractivity contribution in [3.8, 4) is 0 Å². The van der Waals surface area contributed by atoms with Gasteiger partial charge in [-0.25, -0.2) is 4.39 Å². The highest BCUT2D eigenvalue weighted by atomic mass is 19.1. The lowest BCUT2D eigenvalue weighted by atomic mass is 9.90. The first-order valence-corrected chi connectivity index (χ1v) is 10.1. The summed E-state index contributed by atoms with van der Waals surface area (Å²) >= 11 is 0. The molecular formula is C23H25FN2O2. The Morgan fingerprint density at radius 2 is 1.79 bits per heavy atom. The zero-order chi connectivity index (χ0) is 19.5. The molecule has 0 unspecified atom stereocenters. The first-order chi connectivity index (χ1) is 13.6. The maximum Gasteiger partial charge on any atom is 0.253 e. The smallest absolute Gasteiger partial charge is 0.253 e. The second kappa shape index (κ2) is 8.13. The molecule has 0 saturated carbocycles. The van der Waals surface area contributed by atoms with Gasteiger partial charge in [-0.05, 0) is 80.0 Å². The average molecular weight is 380 g/mol. The molecule has 5 heteroatoms. The lowest BCUT2D eigenvalue weighted by molar-refractivity contribution is -0.121. The number of amides is 2. The third kappa shape index (κ3) is 3.93. The first-order valence-electron chi connectivity index (χ1n) is 10.1. The Morgan fingerprint density at radius 1 is 1.00 bits per heavy atom. The van der Waals surface area contributed by atoms with Crippen LogP contribution in [0.4, 0.5) is 10.1 Å². The Bertz CT molecular complexity index is 879. The van der Waals surface area contributed by atoms with Crippen LogP contribution in [-0.2, 0) is 17.6 Å². The molecule has 0 radical (unpaired) electrons. The minimum atomic E-state index is -0.362. The maximum atomic E-state index is 13.1. The highest BCUT2D eigenvalue weighted by molar-refractivity contribution is 5.96. The van der Waals surface area contributed by atoms with E-state index in [9.17, 15) is 14.0 Å². The molecule has 2 aliphatic rings. The quantitative estimate of drug-likeness (QED) is 0.868. The van der Waals surface area contributed by atoms with Crippen molar-refractivity contribution in [1.82, 2.24) is 4.90 Å². The molecule has 2 amide bonds. The van der Waals surface area contributed by atoms with Gasteiger partial charge in [0, 0.05) is 24.3 Å². The van der Waals surface area contributed by atoms with E-state index in [0.717, 1.165) is 37.8 Å². The van der Waals surface area contributed by atoms with Gasteiger partial charge in [-0.1, -0.05) is 12.1 Å². The Hall–Kier alpha value is -2.69. The van der Waals surface area contributed by atoms with Gasteiger partial charge in [0.05, 0.1) is 5.92 Å². The van der Waals surface area contributed by atoms with Crippen LogP contribution in [0.15, 0.2) is 42.5 Å². The Labute approximate surface area is 164 Å². The van der Waals surface area contributed by atoms with Crippen molar-refractivity contribution in [1.29, 1.82) is 0 Å². The third-order valence-corrected chi connectivity index (χ3v) is 5.82. The second-order valence-corrected chi connectivity index (χ2v) is 7.74. The zero-order valence-electron chi connectivity index (χ0n) is 15.9. The summed E-state index contributed by atoms with van der Waals surface area (Å²) in [4.78, 5) is 27.3. The average Bonchev–Trinajstić information content (AvgIpc) is 2.74. The van der Waals surface area contributed by atoms with Gasteiger partial charge < -0.3 is 10.2 Å². The van der Waals surface area contributed by atoms with E-state index in [1.54, 1.807) is 4.90 Å². The largest absolute Gasteiger partial charge is 0.338 e. The highest BCUT2D eigenvalue weighted by Crippen LogP contribution is 2.29. The summed E-state index contributed by atoms with van der Waals surface area (Å²) in [7, 11) is 0. The molecule has 0 aromatic heterocycles. The molecular weight excluding hydrogens is 355 g/mol. The predicted molar refractivity (Wildman–Crippen MR) is 107 cm³/mol. The number of hydrogen-bond donors (Lipinski definition) is 1. The van der Waals surface area contributed by atoms with Crippen molar-refractivity contribution in [3.05, 3.63) is 65.0 Å². The van der Waals surface area contributed by atoms with E-state index in [2.05, 4.69) is 11.4 Å². The van der Waals surface area contributed by atoms with E-state index in [4.69, 9.17) is 0 Å². The Balaban J connectivity index is 1.44. The number of nitrogens with one attached hydrogen (secondary N) is 1. The monoisotopic (exact) mass is 380 g/mol. The lowest BCUT2D eigenvalue weighted by Crippen LogP contribution is -2.43. The number of carbonyl (C=O) groups is 2. The van der Waals surface area contributed by atoms with Crippen LogP contribution in [0.5, 0.6) is 0 Å². The molecule has 1 atom stereocenters. The number of piperidine rings is 1. The molecule has 0 spiro atoms. The Morgan fingerprint density at radius 3 is 2.61 bits per heavy atom. The molecule has 1 fully saturated rings. The normalized spacial score (nSPS) is 19.0. The lowest BCUT2D eigenvalue weighted by Gasteiger charge is -2.32. The molecule has 1 saturated heterocycles. The van der Waals surface area contributed by atoms with Gasteiger partial charge in [0.2, 0.25) is 5.91 Å². The fourth-order valence-corrected chi connectivity index (χ4v) is 4.28. The topological polar surface area (TPSA) is 49.4 Å². The molecule has 1 heterocycles. The molecule has 1 aliphatic heterocycles. The summed E-state index contributed by atoms with van der Waals surface area (Å²) < 4.78 is 13.1. The van der Waals surface area contributed by atoms with E-state index in [-0.39, 0.29) is 23.5 Å². The van der Waals surface area contributed by atoms with Crippen molar-refractivity contribution >= 4 is 17.5 Å². The summed E-state index contributed by atoms with van der Waals surface area (Å²) in [5.41, 5.74) is 3.97. The van der Waals surface area contributed by atoms with Gasteiger partial charge in [0.15, 0.2) is 0 Å². The van der Waals surface area contributed by atoms with Crippen LogP contribution in [-0.4, -0.2) is 29.8 Å². The van der Waals surface area contributed by atoms with E-state index in [1.165, 1.54) is 41.8 Å². The van der Waals surface area contributed by atoms with E-state index >= 15 is 0 Å². The molecule has 4 nitrogen and oxygen atoms in total. The zero-order valence-corrected chi connectivity index (χ0v) is 15.9. The number of hydrogen-bond acceptors (Lipinski definition) is 2. The van der Waals surface area contributed by atoms with Gasteiger partial charge in [-0.15, -0.1) is 0 Å². The first kappa shape index (κ1) is 18.7. The predicted octanol–water partition coefficient (Wildman–Crippen LogP) is 4.20. The molecule has 28 heavy (non-hydrogen) atoms. The molecule has 146 valence electrons. The van der Waals surface area contributed by atoms with Crippen molar-refractivity contribution in [3.63, 3.8) is 0 Å². The number of aryl methyl sites for hydroxylation is 1. The van der Waals surface area contributed by atoms with Gasteiger partial charge in [-0.3, -0.25) is 9.59 Å². The van der Waals surface area contributed by atoms with Gasteiger partial charge in [0.1, 0.15) is 5.82 Å². The van der Waals surface area contributed by atoms with Crippen LogP contribution < -0.4 is 5.32 Å². The van der Waals surface area contributed by atoms with Crippen LogP contribution in [0.2, 0.25) is 0 Å². The number of halogens is 1. The van der Waals surface area contributed by atoms with E-state index < -0.39 is 0 Å². The summed E-state index contributed by atoms with van der Waals surface area (Å²) in [5, 5.41) is 3.12. The van der Waals surface area contributed by atoms with Crippen molar-refractivity contribution in [2.75, 3.05) is 18.4 Å². The van der Waals surface area contributed by atoms with Crippen LogP contribution in [0.3, 0.4) is 0 Å². The number of anilines is 1. The van der Waals surface area contributed by atoms with E-state index in [1.807, 2.05) is 12.1 Å².